The van der Waals surface area contributed by atoms with E-state index >= 15 is 0 Å². The van der Waals surface area contributed by atoms with E-state index in [1.165, 1.54) is 32.0 Å². The van der Waals surface area contributed by atoms with Crippen LogP contribution in [-0.2, 0) is 20.8 Å². The first-order valence-corrected chi connectivity index (χ1v) is 12.9. The number of carbonyl (C=O) groups excluding carboxylic acids is 4. The fourth-order valence-corrected chi connectivity index (χ4v) is 4.47. The van der Waals surface area contributed by atoms with Crippen LogP contribution in [0.3, 0.4) is 0 Å². The first kappa shape index (κ1) is 29.6. The van der Waals surface area contributed by atoms with Gasteiger partial charge in [0.1, 0.15) is 17.8 Å². The summed E-state index contributed by atoms with van der Waals surface area (Å²) in [5.41, 5.74) is 0.695. The predicted octanol–water partition coefficient (Wildman–Crippen LogP) is 0.968. The Morgan fingerprint density at radius 2 is 1.59 bits per heavy atom. The molecule has 2 aromatic rings. The van der Waals surface area contributed by atoms with Gasteiger partial charge in [-0.15, -0.1) is 0 Å². The Morgan fingerprint density at radius 3 is 2.26 bits per heavy atom. The number of benzene rings is 2. The van der Waals surface area contributed by atoms with Crippen LogP contribution in [0, 0.1) is 5.92 Å². The van der Waals surface area contributed by atoms with Crippen molar-refractivity contribution in [3.05, 3.63) is 65.7 Å². The fraction of sp³-hybridized carbons (Fsp3) is 0.429. The number of aliphatic hydroxyl groups is 1. The SMILES string of the molecule is CC1NC(=O)C(Cc2ccccc2)NC(=O)C(C)C(O)C(CCCF)NC(=O)C1NC(=O)c1ccccc1O. The highest BCUT2D eigenvalue weighted by molar-refractivity contribution is 6.00. The van der Waals surface area contributed by atoms with E-state index in [4.69, 9.17) is 0 Å². The van der Waals surface area contributed by atoms with Crippen LogP contribution in [0.4, 0.5) is 4.39 Å². The van der Waals surface area contributed by atoms with Gasteiger partial charge >= 0.3 is 0 Å². The third kappa shape index (κ3) is 7.76. The van der Waals surface area contributed by atoms with Crippen LogP contribution in [0.15, 0.2) is 54.6 Å². The number of aromatic hydroxyl groups is 1. The molecular weight excluding hydrogens is 507 g/mol. The van der Waals surface area contributed by atoms with Crippen molar-refractivity contribution in [1.82, 2.24) is 21.3 Å². The monoisotopic (exact) mass is 542 g/mol. The summed E-state index contributed by atoms with van der Waals surface area (Å²) in [5.74, 6) is -4.04. The fourth-order valence-electron chi connectivity index (χ4n) is 4.47. The molecule has 2 aromatic carbocycles. The second-order valence-corrected chi connectivity index (χ2v) is 9.74. The molecule has 0 bridgehead atoms. The molecule has 0 aromatic heterocycles. The largest absolute Gasteiger partial charge is 0.507 e. The van der Waals surface area contributed by atoms with Gasteiger partial charge in [-0.25, -0.2) is 0 Å². The third-order valence-electron chi connectivity index (χ3n) is 6.82. The Kier molecular flexibility index (Phi) is 10.4. The minimum Gasteiger partial charge on any atom is -0.507 e. The van der Waals surface area contributed by atoms with E-state index in [1.807, 2.05) is 6.07 Å². The van der Waals surface area contributed by atoms with Crippen molar-refractivity contribution >= 4 is 23.6 Å². The molecule has 1 saturated heterocycles. The number of hydrogen-bond donors (Lipinski definition) is 6. The number of phenolic OH excluding ortho intramolecular Hbond substituents is 1. The van der Waals surface area contributed by atoms with Gasteiger partial charge in [-0.2, -0.15) is 0 Å². The summed E-state index contributed by atoms with van der Waals surface area (Å²) in [6, 6.07) is 10.4. The molecule has 0 spiro atoms. The zero-order valence-electron chi connectivity index (χ0n) is 21.9. The molecule has 210 valence electrons. The quantitative estimate of drug-likeness (QED) is 0.306. The van der Waals surface area contributed by atoms with Gasteiger partial charge in [0.25, 0.3) is 5.91 Å². The molecule has 0 saturated carbocycles. The molecule has 1 aliphatic heterocycles. The van der Waals surface area contributed by atoms with Gasteiger partial charge in [-0.1, -0.05) is 49.4 Å². The topological polar surface area (TPSA) is 157 Å². The molecular formula is C28H35FN4O6. The van der Waals surface area contributed by atoms with E-state index in [-0.39, 0.29) is 30.6 Å². The minimum atomic E-state index is -1.40. The average Bonchev–Trinajstić information content (AvgIpc) is 2.92. The van der Waals surface area contributed by atoms with Crippen molar-refractivity contribution < 1.29 is 33.8 Å². The molecule has 1 fully saturated rings. The molecule has 1 aliphatic rings. The lowest BCUT2D eigenvalue weighted by Crippen LogP contribution is -2.63. The maximum absolute atomic E-state index is 13.4. The second kappa shape index (κ2) is 13.7. The zero-order chi connectivity index (χ0) is 28.5. The second-order valence-electron chi connectivity index (χ2n) is 9.74. The van der Waals surface area contributed by atoms with Crippen LogP contribution in [0.5, 0.6) is 5.75 Å². The highest BCUT2D eigenvalue weighted by Gasteiger charge is 2.37. The van der Waals surface area contributed by atoms with E-state index in [0.717, 1.165) is 5.56 Å². The number of alkyl halides is 1. The van der Waals surface area contributed by atoms with Gasteiger partial charge in [-0.05, 0) is 37.5 Å². The van der Waals surface area contributed by atoms with Gasteiger partial charge in [0.15, 0.2) is 0 Å². The van der Waals surface area contributed by atoms with Crippen molar-refractivity contribution in [3.63, 3.8) is 0 Å². The Balaban J connectivity index is 1.96. The number of nitrogens with one attached hydrogen (secondary N) is 4. The molecule has 1 heterocycles. The normalized spacial score (nSPS) is 26.3. The van der Waals surface area contributed by atoms with Gasteiger partial charge in [0.05, 0.1) is 36.3 Å². The van der Waals surface area contributed by atoms with Gasteiger partial charge < -0.3 is 31.5 Å². The zero-order valence-corrected chi connectivity index (χ0v) is 21.9. The number of para-hydroxylation sites is 1. The predicted molar refractivity (Wildman–Crippen MR) is 141 cm³/mol. The lowest BCUT2D eigenvalue weighted by molar-refractivity contribution is -0.136. The van der Waals surface area contributed by atoms with Crippen molar-refractivity contribution in [3.8, 4) is 5.75 Å². The van der Waals surface area contributed by atoms with Crippen LogP contribution < -0.4 is 21.3 Å². The number of halogens is 1. The maximum atomic E-state index is 13.4. The van der Waals surface area contributed by atoms with Gasteiger partial charge in [-0.3, -0.25) is 23.6 Å². The number of amides is 4. The number of carbonyl (C=O) groups is 4. The molecule has 6 atom stereocenters. The lowest BCUT2D eigenvalue weighted by Gasteiger charge is -2.34. The maximum Gasteiger partial charge on any atom is 0.255 e. The van der Waals surface area contributed by atoms with Crippen molar-refractivity contribution in [2.45, 2.75) is 63.4 Å². The van der Waals surface area contributed by atoms with E-state index < -0.39 is 66.5 Å². The van der Waals surface area contributed by atoms with E-state index in [0.29, 0.717) is 0 Å². The van der Waals surface area contributed by atoms with Crippen molar-refractivity contribution in [2.24, 2.45) is 5.92 Å². The number of rotatable bonds is 7. The van der Waals surface area contributed by atoms with Gasteiger partial charge in [0.2, 0.25) is 17.7 Å². The first-order valence-electron chi connectivity index (χ1n) is 12.9. The number of phenols is 1. The van der Waals surface area contributed by atoms with E-state index in [2.05, 4.69) is 21.3 Å². The van der Waals surface area contributed by atoms with E-state index in [9.17, 15) is 33.8 Å². The molecule has 6 N–H and O–H groups in total. The standard InChI is InChI=1S/C28H35FN4O6/c1-16-24(35)20(12-8-14-29)31-28(39)23(33-26(37)19-11-6-7-13-22(19)34)17(2)30-27(38)21(32-25(16)36)15-18-9-4-3-5-10-18/h3-7,9-11,13,16-17,20-21,23-24,34-35H,8,12,14-15H2,1-2H3,(H,30,38)(H,31,39)(H,32,36)(H,33,37). The summed E-state index contributed by atoms with van der Waals surface area (Å²) in [4.78, 5) is 52.8. The molecule has 4 amide bonds. The summed E-state index contributed by atoms with van der Waals surface area (Å²) in [6.45, 7) is 2.27. The molecule has 10 nitrogen and oxygen atoms in total. The molecule has 3 rings (SSSR count). The summed E-state index contributed by atoms with van der Waals surface area (Å²) in [7, 11) is 0. The van der Waals surface area contributed by atoms with Gasteiger partial charge in [0, 0.05) is 6.42 Å². The molecule has 6 unspecified atom stereocenters. The molecule has 11 heteroatoms. The summed E-state index contributed by atoms with van der Waals surface area (Å²) in [6.07, 6.45) is -1.20. The summed E-state index contributed by atoms with van der Waals surface area (Å²) < 4.78 is 13.0. The van der Waals surface area contributed by atoms with Crippen LogP contribution in [0.1, 0.15) is 42.6 Å². The smallest absolute Gasteiger partial charge is 0.255 e. The summed E-state index contributed by atoms with van der Waals surface area (Å²) >= 11 is 0. The Bertz CT molecular complexity index is 1160. The Morgan fingerprint density at radius 1 is 0.923 bits per heavy atom. The molecule has 39 heavy (non-hydrogen) atoms. The summed E-state index contributed by atoms with van der Waals surface area (Å²) in [5, 5.41) is 31.7. The highest BCUT2D eigenvalue weighted by Crippen LogP contribution is 2.18. The van der Waals surface area contributed by atoms with Crippen LogP contribution in [0.2, 0.25) is 0 Å². The molecule has 0 aliphatic carbocycles. The molecule has 0 radical (unpaired) electrons. The van der Waals surface area contributed by atoms with E-state index in [1.54, 1.807) is 30.3 Å². The van der Waals surface area contributed by atoms with Crippen molar-refractivity contribution in [1.29, 1.82) is 0 Å². The van der Waals surface area contributed by atoms with Crippen LogP contribution in [-0.4, -0.2) is 70.8 Å². The minimum absolute atomic E-state index is 0.0220. The highest BCUT2D eigenvalue weighted by atomic mass is 19.1. The van der Waals surface area contributed by atoms with Crippen molar-refractivity contribution in [2.75, 3.05) is 6.67 Å². The number of aliphatic hydroxyl groups excluding tert-OH is 1. The lowest BCUT2D eigenvalue weighted by atomic mass is 9.92. The van der Waals surface area contributed by atoms with Crippen LogP contribution >= 0.6 is 0 Å². The average molecular weight is 543 g/mol. The van der Waals surface area contributed by atoms with Crippen LogP contribution in [0.25, 0.3) is 0 Å². The third-order valence-corrected chi connectivity index (χ3v) is 6.82. The Hall–Kier alpha value is -3.99. The Labute approximate surface area is 226 Å². The first-order chi connectivity index (χ1) is 18.6. The number of hydrogen-bond acceptors (Lipinski definition) is 6.